The second kappa shape index (κ2) is 5.48. The summed E-state index contributed by atoms with van der Waals surface area (Å²) in [6.45, 7) is 6.82. The van der Waals surface area contributed by atoms with Gasteiger partial charge in [0, 0.05) is 23.4 Å². The highest BCUT2D eigenvalue weighted by Gasteiger charge is 2.13. The van der Waals surface area contributed by atoms with Crippen LogP contribution in [0.3, 0.4) is 0 Å². The molecule has 0 radical (unpaired) electrons. The van der Waals surface area contributed by atoms with Crippen LogP contribution in [0.2, 0.25) is 0 Å². The van der Waals surface area contributed by atoms with Crippen LogP contribution in [0.5, 0.6) is 0 Å². The van der Waals surface area contributed by atoms with Gasteiger partial charge in [0.05, 0.1) is 11.9 Å². The molecule has 1 rings (SSSR count). The maximum absolute atomic E-state index is 11.8. The van der Waals surface area contributed by atoms with Crippen molar-refractivity contribution in [2.45, 2.75) is 33.7 Å². The van der Waals surface area contributed by atoms with Gasteiger partial charge in [0.2, 0.25) is 0 Å². The first kappa shape index (κ1) is 14.0. The molecule has 0 bridgehead atoms. The molecule has 0 spiro atoms. The summed E-state index contributed by atoms with van der Waals surface area (Å²) >= 11 is 0. The van der Waals surface area contributed by atoms with Crippen LogP contribution in [-0.4, -0.2) is 26.8 Å². The molecule has 1 aromatic rings. The predicted octanol–water partition coefficient (Wildman–Crippen LogP) is 1.82. The number of nitrogens with one attached hydrogen (secondary N) is 1. The molecular weight excluding hydrogens is 234 g/mol. The average Bonchev–Trinajstić information content (AvgIpc) is 2.75. The number of carbonyl (C=O) groups is 2. The minimum atomic E-state index is -1.10. The van der Waals surface area contributed by atoms with Crippen molar-refractivity contribution in [3.05, 3.63) is 23.5 Å². The lowest BCUT2D eigenvalue weighted by Gasteiger charge is -2.05. The standard InChI is InChI=1S/C12H17N3O3/c1-7(2)15-6-10(5-13-15)14-11(16)8(3)9(4)12(17)18/h5-7H,1-4H3,(H,14,16)(H,17,18). The van der Waals surface area contributed by atoms with Gasteiger partial charge in [0.15, 0.2) is 0 Å². The molecule has 6 heteroatoms. The van der Waals surface area contributed by atoms with Gasteiger partial charge in [0.25, 0.3) is 5.91 Å². The van der Waals surface area contributed by atoms with E-state index in [0.29, 0.717) is 5.69 Å². The molecule has 18 heavy (non-hydrogen) atoms. The largest absolute Gasteiger partial charge is 0.478 e. The quantitative estimate of drug-likeness (QED) is 0.799. The van der Waals surface area contributed by atoms with E-state index in [1.807, 2.05) is 13.8 Å². The first-order chi connectivity index (χ1) is 8.32. The van der Waals surface area contributed by atoms with Crippen molar-refractivity contribution in [1.29, 1.82) is 0 Å². The molecule has 2 N–H and O–H groups in total. The molecule has 1 heterocycles. The number of carboxylic acids is 1. The van der Waals surface area contributed by atoms with E-state index in [9.17, 15) is 9.59 Å². The molecular formula is C12H17N3O3. The average molecular weight is 251 g/mol. The van der Waals surface area contributed by atoms with Crippen LogP contribution in [0, 0.1) is 0 Å². The fourth-order valence-electron chi connectivity index (χ4n) is 1.24. The van der Waals surface area contributed by atoms with Crippen molar-refractivity contribution < 1.29 is 14.7 Å². The van der Waals surface area contributed by atoms with Gasteiger partial charge in [-0.2, -0.15) is 5.10 Å². The highest BCUT2D eigenvalue weighted by Crippen LogP contribution is 2.12. The van der Waals surface area contributed by atoms with Gasteiger partial charge in [-0.1, -0.05) is 0 Å². The maximum Gasteiger partial charge on any atom is 0.331 e. The molecule has 98 valence electrons. The van der Waals surface area contributed by atoms with Crippen molar-refractivity contribution in [3.63, 3.8) is 0 Å². The van der Waals surface area contributed by atoms with E-state index < -0.39 is 11.9 Å². The third kappa shape index (κ3) is 3.19. The maximum atomic E-state index is 11.8. The first-order valence-electron chi connectivity index (χ1n) is 5.59. The molecule has 0 aliphatic rings. The normalized spacial score (nSPS) is 12.3. The Kier molecular flexibility index (Phi) is 4.25. The fourth-order valence-corrected chi connectivity index (χ4v) is 1.24. The number of hydrogen-bond donors (Lipinski definition) is 2. The molecule has 1 amide bonds. The van der Waals surface area contributed by atoms with Gasteiger partial charge in [-0.15, -0.1) is 0 Å². The van der Waals surface area contributed by atoms with Crippen molar-refractivity contribution >= 4 is 17.6 Å². The van der Waals surface area contributed by atoms with Crippen molar-refractivity contribution in [2.24, 2.45) is 0 Å². The zero-order valence-corrected chi connectivity index (χ0v) is 10.9. The second-order valence-corrected chi connectivity index (χ2v) is 4.31. The molecule has 0 unspecified atom stereocenters. The Morgan fingerprint density at radius 3 is 2.39 bits per heavy atom. The second-order valence-electron chi connectivity index (χ2n) is 4.31. The van der Waals surface area contributed by atoms with E-state index in [0.717, 1.165) is 0 Å². The van der Waals surface area contributed by atoms with Crippen LogP contribution in [0.1, 0.15) is 33.7 Å². The molecule has 0 atom stereocenters. The van der Waals surface area contributed by atoms with E-state index in [1.54, 1.807) is 10.9 Å². The lowest BCUT2D eigenvalue weighted by Crippen LogP contribution is -2.15. The van der Waals surface area contributed by atoms with Gasteiger partial charge in [-0.25, -0.2) is 4.79 Å². The highest BCUT2D eigenvalue weighted by atomic mass is 16.4. The van der Waals surface area contributed by atoms with Crippen molar-refractivity contribution in [1.82, 2.24) is 9.78 Å². The molecule has 0 aliphatic heterocycles. The number of carboxylic acid groups (broad SMARTS) is 1. The molecule has 6 nitrogen and oxygen atoms in total. The van der Waals surface area contributed by atoms with Crippen LogP contribution >= 0.6 is 0 Å². The van der Waals surface area contributed by atoms with Gasteiger partial charge in [-0.3, -0.25) is 9.48 Å². The van der Waals surface area contributed by atoms with E-state index >= 15 is 0 Å². The Balaban J connectivity index is 2.82. The number of aromatic nitrogens is 2. The number of nitrogens with zero attached hydrogens (tertiary/aromatic N) is 2. The van der Waals surface area contributed by atoms with Crippen molar-refractivity contribution in [2.75, 3.05) is 5.32 Å². The number of hydrogen-bond acceptors (Lipinski definition) is 3. The molecule has 0 fully saturated rings. The monoisotopic (exact) mass is 251 g/mol. The topological polar surface area (TPSA) is 84.2 Å². The Morgan fingerprint density at radius 2 is 1.94 bits per heavy atom. The molecule has 0 aromatic carbocycles. The molecule has 1 aromatic heterocycles. The Labute approximate surface area is 105 Å². The van der Waals surface area contributed by atoms with Crippen LogP contribution in [0.25, 0.3) is 0 Å². The van der Waals surface area contributed by atoms with E-state index in [4.69, 9.17) is 5.11 Å². The number of carbonyl (C=O) groups excluding carboxylic acids is 1. The SMILES string of the molecule is CC(C(=O)O)=C(C)C(=O)Nc1cnn(C(C)C)c1. The van der Waals surface area contributed by atoms with E-state index in [1.165, 1.54) is 20.0 Å². The smallest absolute Gasteiger partial charge is 0.331 e. The lowest BCUT2D eigenvalue weighted by atomic mass is 10.1. The summed E-state index contributed by atoms with van der Waals surface area (Å²) in [5.41, 5.74) is 0.759. The van der Waals surface area contributed by atoms with Crippen molar-refractivity contribution in [3.8, 4) is 0 Å². The summed E-state index contributed by atoms with van der Waals surface area (Å²) < 4.78 is 1.71. The predicted molar refractivity (Wildman–Crippen MR) is 67.3 cm³/mol. The summed E-state index contributed by atoms with van der Waals surface area (Å²) in [5, 5.41) is 15.5. The molecule has 0 saturated carbocycles. The Hall–Kier alpha value is -2.11. The van der Waals surface area contributed by atoms with Crippen LogP contribution in [0.4, 0.5) is 5.69 Å². The Morgan fingerprint density at radius 1 is 1.33 bits per heavy atom. The summed E-state index contributed by atoms with van der Waals surface area (Å²) in [6.07, 6.45) is 3.23. The zero-order valence-electron chi connectivity index (χ0n) is 10.9. The molecule has 0 saturated heterocycles. The summed E-state index contributed by atoms with van der Waals surface area (Å²) in [6, 6.07) is 0.202. The number of rotatable bonds is 4. The minimum absolute atomic E-state index is 0.0313. The van der Waals surface area contributed by atoms with Crippen LogP contribution in [-0.2, 0) is 9.59 Å². The number of anilines is 1. The van der Waals surface area contributed by atoms with Gasteiger partial charge >= 0.3 is 5.97 Å². The van der Waals surface area contributed by atoms with E-state index in [2.05, 4.69) is 10.4 Å². The van der Waals surface area contributed by atoms with E-state index in [-0.39, 0.29) is 17.2 Å². The van der Waals surface area contributed by atoms with Gasteiger partial charge < -0.3 is 10.4 Å². The summed E-state index contributed by atoms with van der Waals surface area (Å²) in [5.74, 6) is -1.53. The van der Waals surface area contributed by atoms with Gasteiger partial charge in [-0.05, 0) is 27.7 Å². The number of amides is 1. The Bertz CT molecular complexity index is 500. The fraction of sp³-hybridized carbons (Fsp3) is 0.417. The third-order valence-electron chi connectivity index (χ3n) is 2.61. The van der Waals surface area contributed by atoms with Crippen LogP contribution < -0.4 is 5.32 Å². The molecule has 0 aliphatic carbocycles. The summed E-state index contributed by atoms with van der Waals surface area (Å²) in [4.78, 5) is 22.5. The first-order valence-corrected chi connectivity index (χ1v) is 5.59. The van der Waals surface area contributed by atoms with Gasteiger partial charge in [0.1, 0.15) is 0 Å². The third-order valence-corrected chi connectivity index (χ3v) is 2.61. The zero-order chi connectivity index (χ0) is 13.9. The lowest BCUT2D eigenvalue weighted by molar-refractivity contribution is -0.133. The highest BCUT2D eigenvalue weighted by molar-refractivity contribution is 6.07. The number of aliphatic carboxylic acids is 1. The summed E-state index contributed by atoms with van der Waals surface area (Å²) in [7, 11) is 0. The van der Waals surface area contributed by atoms with Crippen LogP contribution in [0.15, 0.2) is 23.5 Å². The minimum Gasteiger partial charge on any atom is -0.478 e.